The van der Waals surface area contributed by atoms with Gasteiger partial charge in [-0.1, -0.05) is 0 Å². The molecule has 132 valence electrons. The molecule has 1 saturated heterocycles. The molecule has 1 heterocycles. The average molecular weight is 354 g/mol. The lowest BCUT2D eigenvalue weighted by Crippen LogP contribution is -2.48. The smallest absolute Gasteiger partial charge is 0.239 e. The van der Waals surface area contributed by atoms with Crippen molar-refractivity contribution < 1.29 is 13.9 Å². The molecule has 24 heavy (non-hydrogen) atoms. The summed E-state index contributed by atoms with van der Waals surface area (Å²) in [5.74, 6) is -0.468. The van der Waals surface area contributed by atoms with Crippen LogP contribution >= 0.6 is 12.2 Å². The van der Waals surface area contributed by atoms with Gasteiger partial charge in [0.05, 0.1) is 12.2 Å². The summed E-state index contributed by atoms with van der Waals surface area (Å²) in [4.78, 5) is 14.1. The number of nitrogens with zero attached hydrogens (tertiary/aromatic N) is 1. The molecule has 6 nitrogen and oxygen atoms in total. The van der Waals surface area contributed by atoms with E-state index in [4.69, 9.17) is 17.0 Å². The highest BCUT2D eigenvalue weighted by atomic mass is 32.1. The summed E-state index contributed by atoms with van der Waals surface area (Å²) in [5, 5.41) is 3.09. The monoisotopic (exact) mass is 354 g/mol. The number of anilines is 1. The third-order valence-electron chi connectivity index (χ3n) is 3.57. The van der Waals surface area contributed by atoms with Crippen molar-refractivity contribution in [2.45, 2.75) is 32.5 Å². The molecule has 0 aromatic heterocycles. The number of hydrogen-bond donors (Lipinski definition) is 3. The molecule has 2 rings (SSSR count). The van der Waals surface area contributed by atoms with Crippen LogP contribution in [-0.4, -0.2) is 47.8 Å². The molecule has 0 unspecified atom stereocenters. The van der Waals surface area contributed by atoms with E-state index >= 15 is 0 Å². The summed E-state index contributed by atoms with van der Waals surface area (Å²) in [5.41, 5.74) is 5.82. The number of halogens is 1. The van der Waals surface area contributed by atoms with E-state index < -0.39 is 0 Å². The molecule has 1 amide bonds. The summed E-state index contributed by atoms with van der Waals surface area (Å²) in [6.45, 7) is 6.39. The van der Waals surface area contributed by atoms with Gasteiger partial charge in [-0.25, -0.2) is 4.39 Å². The topological polar surface area (TPSA) is 65.6 Å². The van der Waals surface area contributed by atoms with Gasteiger partial charge in [-0.15, -0.1) is 0 Å². The summed E-state index contributed by atoms with van der Waals surface area (Å²) in [7, 11) is 0. The second-order valence-corrected chi connectivity index (χ2v) is 6.31. The third kappa shape index (κ3) is 6.38. The molecule has 0 spiro atoms. The average Bonchev–Trinajstić information content (AvgIpc) is 2.52. The Bertz CT molecular complexity index is 560. The normalized spacial score (nSPS) is 21.1. The second-order valence-electron chi connectivity index (χ2n) is 5.90. The van der Waals surface area contributed by atoms with E-state index in [0.29, 0.717) is 18.7 Å². The van der Waals surface area contributed by atoms with Crippen molar-refractivity contribution in [3.63, 3.8) is 0 Å². The Morgan fingerprint density at radius 3 is 2.50 bits per heavy atom. The van der Waals surface area contributed by atoms with Gasteiger partial charge in [0.1, 0.15) is 5.82 Å². The number of amides is 1. The molecule has 0 bridgehead atoms. The fourth-order valence-electron chi connectivity index (χ4n) is 2.61. The zero-order valence-electron chi connectivity index (χ0n) is 13.8. The van der Waals surface area contributed by atoms with Gasteiger partial charge in [0.15, 0.2) is 5.11 Å². The van der Waals surface area contributed by atoms with Gasteiger partial charge in [-0.05, 0) is 50.3 Å². The Labute approximate surface area is 146 Å². The molecular weight excluding hydrogens is 331 g/mol. The summed E-state index contributed by atoms with van der Waals surface area (Å²) < 4.78 is 18.5. The van der Waals surface area contributed by atoms with Crippen LogP contribution in [0.5, 0.6) is 0 Å². The van der Waals surface area contributed by atoms with Crippen molar-refractivity contribution in [2.75, 3.05) is 25.0 Å². The van der Waals surface area contributed by atoms with Gasteiger partial charge in [-0.3, -0.25) is 20.5 Å². The highest BCUT2D eigenvalue weighted by Crippen LogP contribution is 2.10. The summed E-state index contributed by atoms with van der Waals surface area (Å²) in [6.07, 6.45) is 0.732. The molecule has 1 aliphatic heterocycles. The first-order chi connectivity index (χ1) is 11.4. The highest BCUT2D eigenvalue weighted by Gasteiger charge is 2.22. The number of thiocarbonyl (C=S) groups is 1. The molecule has 3 N–H and O–H groups in total. The van der Waals surface area contributed by atoms with E-state index in [1.54, 1.807) is 12.1 Å². The van der Waals surface area contributed by atoms with Crippen LogP contribution in [0.2, 0.25) is 0 Å². The van der Waals surface area contributed by atoms with E-state index in [9.17, 15) is 9.18 Å². The molecule has 8 heteroatoms. The van der Waals surface area contributed by atoms with E-state index in [1.807, 2.05) is 13.8 Å². The van der Waals surface area contributed by atoms with Crippen molar-refractivity contribution >= 4 is 28.9 Å². The number of benzene rings is 1. The van der Waals surface area contributed by atoms with Crippen LogP contribution in [0.25, 0.3) is 0 Å². The van der Waals surface area contributed by atoms with Crippen molar-refractivity contribution in [3.8, 4) is 0 Å². The fraction of sp³-hybridized carbons (Fsp3) is 0.500. The Morgan fingerprint density at radius 1 is 1.25 bits per heavy atom. The van der Waals surface area contributed by atoms with Crippen LogP contribution in [0.15, 0.2) is 24.3 Å². The van der Waals surface area contributed by atoms with Crippen LogP contribution in [0.4, 0.5) is 10.1 Å². The number of hydrogen-bond acceptors (Lipinski definition) is 4. The quantitative estimate of drug-likeness (QED) is 0.564. The van der Waals surface area contributed by atoms with Gasteiger partial charge >= 0.3 is 0 Å². The Kier molecular flexibility index (Phi) is 6.89. The lowest BCUT2D eigenvalue weighted by molar-refractivity contribution is -0.123. The van der Waals surface area contributed by atoms with E-state index in [1.165, 1.54) is 12.1 Å². The van der Waals surface area contributed by atoms with Gasteiger partial charge in [0.25, 0.3) is 0 Å². The summed E-state index contributed by atoms with van der Waals surface area (Å²) in [6, 6.07) is 5.78. The van der Waals surface area contributed by atoms with E-state index in [-0.39, 0.29) is 29.0 Å². The Hall–Kier alpha value is -1.77. The minimum Gasteiger partial charge on any atom is -0.373 e. The van der Waals surface area contributed by atoms with Gasteiger partial charge in [0, 0.05) is 31.7 Å². The molecule has 1 aliphatic rings. The maximum Gasteiger partial charge on any atom is 0.239 e. The Balaban J connectivity index is 1.65. The number of morpholine rings is 1. The molecule has 1 aromatic carbocycles. The number of hydrazine groups is 1. The van der Waals surface area contributed by atoms with Crippen molar-refractivity contribution in [2.24, 2.45) is 0 Å². The van der Waals surface area contributed by atoms with E-state index in [2.05, 4.69) is 21.1 Å². The SMILES string of the molecule is C[C@@H]1CN(CCC(=O)NNC(=S)Nc2ccc(F)cc2)C[C@@H](C)O1. The first-order valence-electron chi connectivity index (χ1n) is 7.91. The largest absolute Gasteiger partial charge is 0.373 e. The zero-order valence-corrected chi connectivity index (χ0v) is 14.7. The zero-order chi connectivity index (χ0) is 17.5. The number of ether oxygens (including phenoxy) is 1. The molecule has 0 aliphatic carbocycles. The van der Waals surface area contributed by atoms with Crippen LogP contribution in [0.3, 0.4) is 0 Å². The predicted octanol–water partition coefficient (Wildman–Crippen LogP) is 1.64. The second kappa shape index (κ2) is 8.91. The van der Waals surface area contributed by atoms with Gasteiger partial charge in [-0.2, -0.15) is 0 Å². The summed E-state index contributed by atoms with van der Waals surface area (Å²) >= 11 is 5.07. The lowest BCUT2D eigenvalue weighted by atomic mass is 10.2. The first-order valence-corrected chi connectivity index (χ1v) is 8.32. The van der Waals surface area contributed by atoms with Crippen molar-refractivity contribution in [3.05, 3.63) is 30.1 Å². The maximum absolute atomic E-state index is 12.8. The standard InChI is InChI=1S/C16H23FN4O2S/c1-11-9-21(10-12(2)23-11)8-7-15(22)19-20-16(24)18-14-5-3-13(17)4-6-14/h3-6,11-12H,7-10H2,1-2H3,(H,19,22)(H2,18,20,24)/t11-,12-/m1/s1. The number of rotatable bonds is 4. The minimum absolute atomic E-state index is 0.148. The molecular formula is C16H23FN4O2S. The maximum atomic E-state index is 12.8. The molecule has 0 radical (unpaired) electrons. The predicted molar refractivity (Wildman–Crippen MR) is 95.0 cm³/mol. The number of nitrogens with one attached hydrogen (secondary N) is 3. The van der Waals surface area contributed by atoms with Crippen molar-refractivity contribution in [1.29, 1.82) is 0 Å². The Morgan fingerprint density at radius 2 is 1.88 bits per heavy atom. The third-order valence-corrected chi connectivity index (χ3v) is 3.77. The number of carbonyl (C=O) groups is 1. The molecule has 1 aromatic rings. The van der Waals surface area contributed by atoms with Crippen molar-refractivity contribution in [1.82, 2.24) is 15.8 Å². The van der Waals surface area contributed by atoms with Crippen LogP contribution < -0.4 is 16.2 Å². The minimum atomic E-state index is -0.320. The van der Waals surface area contributed by atoms with Crippen LogP contribution in [-0.2, 0) is 9.53 Å². The lowest BCUT2D eigenvalue weighted by Gasteiger charge is -2.35. The van der Waals surface area contributed by atoms with Crippen LogP contribution in [0.1, 0.15) is 20.3 Å². The number of carbonyl (C=O) groups excluding carboxylic acids is 1. The van der Waals surface area contributed by atoms with E-state index in [0.717, 1.165) is 13.1 Å². The highest BCUT2D eigenvalue weighted by molar-refractivity contribution is 7.80. The van der Waals surface area contributed by atoms with Gasteiger partial charge < -0.3 is 10.1 Å². The molecule has 1 fully saturated rings. The molecule has 2 atom stereocenters. The van der Waals surface area contributed by atoms with Gasteiger partial charge in [0.2, 0.25) is 5.91 Å². The first kappa shape index (κ1) is 18.6. The molecule has 0 saturated carbocycles. The fourth-order valence-corrected chi connectivity index (χ4v) is 2.78. The van der Waals surface area contributed by atoms with Crippen LogP contribution in [0, 0.1) is 5.82 Å².